The average molecular weight is 383 g/mol. The van der Waals surface area contributed by atoms with Crippen LogP contribution in [0.3, 0.4) is 0 Å². The number of benzene rings is 2. The van der Waals surface area contributed by atoms with Gasteiger partial charge in [-0.25, -0.2) is 4.98 Å². The Morgan fingerprint density at radius 2 is 1.74 bits per heavy atom. The lowest BCUT2D eigenvalue weighted by molar-refractivity contribution is -0.856. The van der Waals surface area contributed by atoms with Crippen LogP contribution in [-0.2, 0) is 0 Å². The smallest absolute Gasteiger partial charge is 0.260 e. The molecule has 27 heavy (non-hydrogen) atoms. The second-order valence-electron chi connectivity index (χ2n) is 7.63. The second-order valence-corrected chi connectivity index (χ2v) is 8.64. The Labute approximate surface area is 165 Å². The van der Waals surface area contributed by atoms with Gasteiger partial charge in [-0.2, -0.15) is 0 Å². The molecule has 0 bridgehead atoms. The molecule has 1 N–H and O–H groups in total. The van der Waals surface area contributed by atoms with Crippen LogP contribution >= 0.6 is 11.3 Å². The summed E-state index contributed by atoms with van der Waals surface area (Å²) in [6.45, 7) is 9.74. The molecule has 0 radical (unpaired) electrons. The van der Waals surface area contributed by atoms with Crippen molar-refractivity contribution in [3.8, 4) is 0 Å². The number of fused-ring (bicyclic) bond motifs is 1. The van der Waals surface area contributed by atoms with Crippen LogP contribution in [0, 0.1) is 27.7 Å². The Morgan fingerprint density at radius 3 is 2.44 bits per heavy atom. The van der Waals surface area contributed by atoms with Gasteiger partial charge < -0.3 is 4.90 Å². The maximum atomic E-state index is 13.4. The Hall–Kier alpha value is -2.24. The van der Waals surface area contributed by atoms with Crippen molar-refractivity contribution in [3.05, 3.63) is 58.1 Å². The van der Waals surface area contributed by atoms with Crippen LogP contribution in [0.1, 0.15) is 32.6 Å². The van der Waals surface area contributed by atoms with E-state index in [2.05, 4.69) is 40.1 Å². The largest absolute Gasteiger partial charge is 0.338 e. The third kappa shape index (κ3) is 4.20. The first-order valence-electron chi connectivity index (χ1n) is 9.32. The molecule has 0 spiro atoms. The molecule has 0 aliphatic rings. The van der Waals surface area contributed by atoms with Gasteiger partial charge in [0.15, 0.2) is 5.13 Å². The van der Waals surface area contributed by atoms with Crippen molar-refractivity contribution in [2.75, 3.05) is 32.1 Å². The summed E-state index contributed by atoms with van der Waals surface area (Å²) in [6.07, 6.45) is 0. The fraction of sp³-hybridized carbons (Fsp3) is 0.364. The number of aromatic nitrogens is 1. The molecule has 0 atom stereocenters. The highest BCUT2D eigenvalue weighted by atomic mass is 32.1. The van der Waals surface area contributed by atoms with Crippen molar-refractivity contribution in [1.82, 2.24) is 4.98 Å². The minimum Gasteiger partial charge on any atom is -0.338 e. The Balaban J connectivity index is 2.05. The van der Waals surface area contributed by atoms with Crippen LogP contribution in [0.25, 0.3) is 10.2 Å². The van der Waals surface area contributed by atoms with E-state index < -0.39 is 0 Å². The van der Waals surface area contributed by atoms with Crippen LogP contribution in [0.2, 0.25) is 0 Å². The molecule has 3 rings (SSSR count). The van der Waals surface area contributed by atoms with Crippen molar-refractivity contribution in [1.29, 1.82) is 0 Å². The molecule has 5 heteroatoms. The first kappa shape index (κ1) is 19.5. The predicted molar refractivity (Wildman–Crippen MR) is 114 cm³/mol. The SMILES string of the molecule is Cc1ccc(C)c(C(=O)N(CC[NH+](C)C)c2nc3cc(C)c(C)cc3s2)c1. The van der Waals surface area contributed by atoms with Crippen LogP contribution in [0.4, 0.5) is 5.13 Å². The summed E-state index contributed by atoms with van der Waals surface area (Å²) in [4.78, 5) is 21.4. The van der Waals surface area contributed by atoms with Crippen molar-refractivity contribution in [2.24, 2.45) is 0 Å². The van der Waals surface area contributed by atoms with E-state index in [9.17, 15) is 4.79 Å². The molecule has 3 aromatic rings. The number of likely N-dealkylation sites (N-methyl/N-ethyl adjacent to an activating group) is 1. The molecule has 0 saturated carbocycles. The second kappa shape index (κ2) is 7.79. The molecule has 2 aromatic carbocycles. The molecule has 0 aliphatic carbocycles. The molecule has 142 valence electrons. The number of thiazole rings is 1. The highest BCUT2D eigenvalue weighted by Crippen LogP contribution is 2.31. The third-order valence-electron chi connectivity index (χ3n) is 4.93. The maximum Gasteiger partial charge on any atom is 0.260 e. The zero-order valence-electron chi connectivity index (χ0n) is 17.0. The maximum absolute atomic E-state index is 13.4. The monoisotopic (exact) mass is 382 g/mol. The van der Waals surface area contributed by atoms with Crippen LogP contribution in [-0.4, -0.2) is 38.1 Å². The van der Waals surface area contributed by atoms with Crippen LogP contribution < -0.4 is 9.80 Å². The summed E-state index contributed by atoms with van der Waals surface area (Å²) in [5, 5.41) is 0.780. The number of anilines is 1. The van der Waals surface area contributed by atoms with Crippen LogP contribution in [0.15, 0.2) is 30.3 Å². The van der Waals surface area contributed by atoms with E-state index in [-0.39, 0.29) is 5.91 Å². The summed E-state index contributed by atoms with van der Waals surface area (Å²) >= 11 is 1.60. The van der Waals surface area contributed by atoms with Gasteiger partial charge in [0.2, 0.25) is 0 Å². The third-order valence-corrected chi connectivity index (χ3v) is 5.97. The van der Waals surface area contributed by atoms with Crippen LogP contribution in [0.5, 0.6) is 0 Å². The molecule has 0 aliphatic heterocycles. The fourth-order valence-corrected chi connectivity index (χ4v) is 4.08. The Kier molecular flexibility index (Phi) is 5.63. The normalized spacial score (nSPS) is 11.4. The Morgan fingerprint density at radius 1 is 1.04 bits per heavy atom. The number of hydrogen-bond acceptors (Lipinski definition) is 3. The summed E-state index contributed by atoms with van der Waals surface area (Å²) < 4.78 is 1.13. The lowest BCUT2D eigenvalue weighted by Gasteiger charge is -2.21. The van der Waals surface area contributed by atoms with Gasteiger partial charge in [-0.3, -0.25) is 9.69 Å². The van der Waals surface area contributed by atoms with Gasteiger partial charge in [0.05, 0.1) is 37.4 Å². The quantitative estimate of drug-likeness (QED) is 0.735. The van der Waals surface area contributed by atoms with Gasteiger partial charge in [-0.05, 0) is 62.6 Å². The van der Waals surface area contributed by atoms with Gasteiger partial charge in [0.1, 0.15) is 0 Å². The van der Waals surface area contributed by atoms with E-state index >= 15 is 0 Å². The number of amides is 1. The lowest BCUT2D eigenvalue weighted by Crippen LogP contribution is -3.06. The average Bonchev–Trinajstić information content (AvgIpc) is 2.99. The fourth-order valence-electron chi connectivity index (χ4n) is 3.01. The number of aryl methyl sites for hydroxylation is 4. The molecule has 1 heterocycles. The molecule has 0 fully saturated rings. The van der Waals surface area contributed by atoms with Gasteiger partial charge >= 0.3 is 0 Å². The highest BCUT2D eigenvalue weighted by Gasteiger charge is 2.23. The first-order valence-corrected chi connectivity index (χ1v) is 10.1. The molecule has 1 aromatic heterocycles. The number of carbonyl (C=O) groups is 1. The predicted octanol–water partition coefficient (Wildman–Crippen LogP) is 3.32. The van der Waals surface area contributed by atoms with Gasteiger partial charge in [-0.15, -0.1) is 0 Å². The summed E-state index contributed by atoms with van der Waals surface area (Å²) in [7, 11) is 4.21. The summed E-state index contributed by atoms with van der Waals surface area (Å²) in [5.41, 5.74) is 6.30. The topological polar surface area (TPSA) is 37.6 Å². The first-order chi connectivity index (χ1) is 12.8. The number of nitrogens with zero attached hydrogens (tertiary/aromatic N) is 2. The van der Waals surface area contributed by atoms with E-state index in [4.69, 9.17) is 4.98 Å². The van der Waals surface area contributed by atoms with E-state index in [0.717, 1.165) is 38.6 Å². The van der Waals surface area contributed by atoms with Gasteiger partial charge in [0, 0.05) is 5.56 Å². The summed E-state index contributed by atoms with van der Waals surface area (Å²) in [5.74, 6) is 0.0324. The van der Waals surface area contributed by atoms with Crippen molar-refractivity contribution < 1.29 is 9.69 Å². The number of carbonyl (C=O) groups excluding carboxylic acids is 1. The standard InChI is InChI=1S/C22H27N3OS/c1-14-7-8-15(2)18(11-14)21(26)25(10-9-24(5)6)22-23-19-12-16(3)17(4)13-20(19)27-22/h7-8,11-13H,9-10H2,1-6H3/p+1. The van der Waals surface area contributed by atoms with Crippen molar-refractivity contribution in [2.45, 2.75) is 27.7 Å². The number of hydrogen-bond donors (Lipinski definition) is 1. The van der Waals surface area contributed by atoms with E-state index in [1.54, 1.807) is 11.3 Å². The molecule has 4 nitrogen and oxygen atoms in total. The van der Waals surface area contributed by atoms with Gasteiger partial charge in [-0.1, -0.05) is 29.0 Å². The minimum atomic E-state index is 0.0324. The lowest BCUT2D eigenvalue weighted by atomic mass is 10.0. The van der Waals surface area contributed by atoms with Crippen molar-refractivity contribution >= 4 is 32.6 Å². The van der Waals surface area contributed by atoms with E-state index in [1.807, 2.05) is 36.9 Å². The van der Waals surface area contributed by atoms with E-state index in [1.165, 1.54) is 16.0 Å². The molecule has 0 unspecified atom stereocenters. The molecular weight excluding hydrogens is 354 g/mol. The van der Waals surface area contributed by atoms with Crippen molar-refractivity contribution in [3.63, 3.8) is 0 Å². The molecule has 1 amide bonds. The van der Waals surface area contributed by atoms with E-state index in [0.29, 0.717) is 6.54 Å². The summed E-state index contributed by atoms with van der Waals surface area (Å²) in [6, 6.07) is 10.3. The number of rotatable bonds is 5. The number of quaternary nitrogens is 1. The Bertz CT molecular complexity index is 952. The zero-order chi connectivity index (χ0) is 19.7. The zero-order valence-corrected chi connectivity index (χ0v) is 17.8. The molecule has 0 saturated heterocycles. The van der Waals surface area contributed by atoms with Gasteiger partial charge in [0.25, 0.3) is 5.91 Å². The minimum absolute atomic E-state index is 0.0324. The highest BCUT2D eigenvalue weighted by molar-refractivity contribution is 7.22. The molecular formula is C22H28N3OS+. The number of nitrogens with one attached hydrogen (secondary N) is 1.